The largest absolute Gasteiger partial charge is 0.445 e. The predicted molar refractivity (Wildman–Crippen MR) is 202 cm³/mol. The average Bonchev–Trinajstić information content (AvgIpc) is 3.75. The number of nitrogens with zero attached hydrogens (tertiary/aromatic N) is 2. The summed E-state index contributed by atoms with van der Waals surface area (Å²) in [6.45, 7) is 9.82. The molecule has 0 aliphatic heterocycles. The molecule has 14 nitrogen and oxygen atoms in total. The van der Waals surface area contributed by atoms with Crippen LogP contribution in [0, 0.1) is 11.8 Å². The molecule has 0 saturated carbocycles. The Bertz CT molecular complexity index is 1930. The van der Waals surface area contributed by atoms with Crippen LogP contribution in [-0.4, -0.2) is 57.2 Å². The van der Waals surface area contributed by atoms with E-state index in [-0.39, 0.29) is 43.2 Å². The molecular formula is C37H46Cl2N8O6. The lowest BCUT2D eigenvalue weighted by Gasteiger charge is -2.39. The zero-order valence-electron chi connectivity index (χ0n) is 30.4. The summed E-state index contributed by atoms with van der Waals surface area (Å²) in [7, 11) is 0. The molecular weight excluding hydrogens is 723 g/mol. The molecule has 0 saturated heterocycles. The van der Waals surface area contributed by atoms with E-state index in [1.165, 1.54) is 0 Å². The summed E-state index contributed by atoms with van der Waals surface area (Å²) in [6, 6.07) is 10.2. The van der Waals surface area contributed by atoms with Crippen molar-refractivity contribution in [2.75, 3.05) is 11.9 Å². The lowest BCUT2D eigenvalue weighted by molar-refractivity contribution is -0.136. The van der Waals surface area contributed by atoms with Gasteiger partial charge in [-0.05, 0) is 54.9 Å². The number of rotatable bonds is 14. The molecule has 53 heavy (non-hydrogen) atoms. The van der Waals surface area contributed by atoms with Gasteiger partial charge >= 0.3 is 18.1 Å². The Kier molecular flexibility index (Phi) is 12.9. The second-order valence-electron chi connectivity index (χ2n) is 13.5. The van der Waals surface area contributed by atoms with Crippen LogP contribution >= 0.6 is 23.2 Å². The van der Waals surface area contributed by atoms with Crippen LogP contribution in [-0.2, 0) is 33.8 Å². The van der Waals surface area contributed by atoms with Crippen LogP contribution in [0.4, 0.5) is 15.6 Å². The van der Waals surface area contributed by atoms with Crippen molar-refractivity contribution in [2.24, 2.45) is 11.8 Å². The van der Waals surface area contributed by atoms with Gasteiger partial charge in [0.2, 0.25) is 17.7 Å². The molecule has 2 heterocycles. The number of aromatic amines is 1. The van der Waals surface area contributed by atoms with Gasteiger partial charge in [-0.1, -0.05) is 99.2 Å². The van der Waals surface area contributed by atoms with Crippen molar-refractivity contribution in [3.05, 3.63) is 75.2 Å². The highest BCUT2D eigenvalue weighted by Gasteiger charge is 2.47. The van der Waals surface area contributed by atoms with E-state index in [0.29, 0.717) is 41.4 Å². The molecule has 1 aliphatic rings. The van der Waals surface area contributed by atoms with Gasteiger partial charge in [-0.2, -0.15) is 0 Å². The quantitative estimate of drug-likeness (QED) is 0.0828. The van der Waals surface area contributed by atoms with Crippen LogP contribution in [0.15, 0.2) is 46.9 Å². The monoisotopic (exact) mass is 768 g/mol. The van der Waals surface area contributed by atoms with E-state index in [0.717, 1.165) is 22.2 Å². The number of carbonyl (C=O) groups excluding carboxylic acids is 4. The molecule has 5 atom stereocenters. The first-order chi connectivity index (χ1) is 25.4. The summed E-state index contributed by atoms with van der Waals surface area (Å²) < 4.78 is 11.3. The zero-order chi connectivity index (χ0) is 38.3. The number of urea groups is 1. The second kappa shape index (κ2) is 17.3. The number of alkyl carbamates (subject to hydrolysis) is 1. The van der Waals surface area contributed by atoms with Crippen LogP contribution in [0.5, 0.6) is 0 Å². The minimum atomic E-state index is -1.50. The Hall–Kier alpha value is -4.82. The Balaban J connectivity index is 1.47. The lowest BCUT2D eigenvalue weighted by atomic mass is 9.78. The fourth-order valence-electron chi connectivity index (χ4n) is 6.41. The van der Waals surface area contributed by atoms with E-state index >= 15 is 0 Å². The zero-order valence-corrected chi connectivity index (χ0v) is 31.9. The van der Waals surface area contributed by atoms with E-state index in [4.69, 9.17) is 32.4 Å². The molecule has 16 heteroatoms. The summed E-state index contributed by atoms with van der Waals surface area (Å²) in [5.41, 5.74) is 1.64. The molecule has 2 unspecified atom stereocenters. The number of amides is 5. The number of hydrogen-bond donors (Lipinski definition) is 6. The normalized spacial score (nSPS) is 17.5. The summed E-state index contributed by atoms with van der Waals surface area (Å²) in [5.74, 6) is -1.45. The highest BCUT2D eigenvalue weighted by Crippen LogP contribution is 2.39. The number of fused-ring (bicyclic) bond motifs is 3. The van der Waals surface area contributed by atoms with Crippen molar-refractivity contribution in [2.45, 2.75) is 91.0 Å². The number of aryl methyl sites for hydroxylation is 1. The highest BCUT2D eigenvalue weighted by molar-refractivity contribution is 6.38. The lowest BCUT2D eigenvalue weighted by Crippen LogP contribution is -2.65. The maximum atomic E-state index is 14.8. The first kappa shape index (κ1) is 39.4. The maximum absolute atomic E-state index is 14.8. The molecule has 2 aromatic carbocycles. The van der Waals surface area contributed by atoms with E-state index in [1.54, 1.807) is 19.1 Å². The molecule has 0 bridgehead atoms. The first-order valence-corrected chi connectivity index (χ1v) is 18.6. The van der Waals surface area contributed by atoms with Crippen LogP contribution in [0.3, 0.4) is 0 Å². The molecule has 0 spiro atoms. The summed E-state index contributed by atoms with van der Waals surface area (Å²) in [4.78, 5) is 57.7. The molecule has 6 N–H and O–H groups in total. The molecule has 284 valence electrons. The number of carbonyl (C=O) groups is 4. The Morgan fingerprint density at radius 3 is 2.43 bits per heavy atom. The van der Waals surface area contributed by atoms with Gasteiger partial charge in [-0.25, -0.2) is 9.59 Å². The Morgan fingerprint density at radius 1 is 1.00 bits per heavy atom. The maximum Gasteiger partial charge on any atom is 0.408 e. The molecule has 4 aromatic rings. The van der Waals surface area contributed by atoms with Crippen molar-refractivity contribution in [1.29, 1.82) is 0 Å². The van der Waals surface area contributed by atoms with Crippen molar-refractivity contribution >= 4 is 64.1 Å². The fourth-order valence-corrected chi connectivity index (χ4v) is 6.95. The highest BCUT2D eigenvalue weighted by atomic mass is 35.5. The van der Waals surface area contributed by atoms with Crippen LogP contribution in [0.1, 0.15) is 82.6 Å². The fraction of sp³-hybridized carbons (Fsp3) is 0.459. The summed E-state index contributed by atoms with van der Waals surface area (Å²) in [6.07, 6.45) is 1.11. The molecule has 5 rings (SSSR count). The summed E-state index contributed by atoms with van der Waals surface area (Å²) >= 11 is 13.0. The number of benzene rings is 2. The van der Waals surface area contributed by atoms with Gasteiger partial charge in [0.1, 0.15) is 24.2 Å². The topological polar surface area (TPSA) is 192 Å². The van der Waals surface area contributed by atoms with Gasteiger partial charge in [0.15, 0.2) is 0 Å². The van der Waals surface area contributed by atoms with Crippen LogP contribution in [0.25, 0.3) is 10.9 Å². The van der Waals surface area contributed by atoms with Crippen molar-refractivity contribution < 1.29 is 28.3 Å². The SMILES string of the molecule is CCNC(=O)Nc1nnc(C(NC(=O)[C@@]2(NC(=O)C(NC(=O)OCc3ccccc3)[C@@H](C)CC)CCc3[nH]c4c(Cl)cc(Cl)cc4c3C2)[C@@H](C)CC)o1. The minimum Gasteiger partial charge on any atom is -0.445 e. The second-order valence-corrected chi connectivity index (χ2v) is 14.3. The number of halogens is 2. The van der Waals surface area contributed by atoms with Gasteiger partial charge in [0.25, 0.3) is 0 Å². The van der Waals surface area contributed by atoms with Gasteiger partial charge in [0, 0.05) is 29.1 Å². The number of ether oxygens (including phenoxy) is 1. The molecule has 2 aromatic heterocycles. The van der Waals surface area contributed by atoms with Crippen molar-refractivity contribution in [1.82, 2.24) is 36.4 Å². The number of aromatic nitrogens is 3. The van der Waals surface area contributed by atoms with E-state index < -0.39 is 41.6 Å². The summed E-state index contributed by atoms with van der Waals surface area (Å²) in [5, 5.41) is 23.7. The van der Waals surface area contributed by atoms with Crippen molar-refractivity contribution in [3.8, 4) is 0 Å². The van der Waals surface area contributed by atoms with Crippen LogP contribution in [0.2, 0.25) is 10.0 Å². The Labute approximate surface area is 317 Å². The average molecular weight is 770 g/mol. The minimum absolute atomic E-state index is 0.0233. The number of nitrogens with one attached hydrogen (secondary N) is 6. The smallest absolute Gasteiger partial charge is 0.408 e. The van der Waals surface area contributed by atoms with Gasteiger partial charge in [0.05, 0.1) is 10.5 Å². The van der Waals surface area contributed by atoms with Gasteiger partial charge in [-0.3, -0.25) is 14.9 Å². The van der Waals surface area contributed by atoms with Gasteiger partial charge < -0.3 is 35.4 Å². The number of H-pyrrole nitrogens is 1. The van der Waals surface area contributed by atoms with E-state index in [2.05, 4.69) is 41.8 Å². The molecule has 5 amide bonds. The molecule has 0 fully saturated rings. The van der Waals surface area contributed by atoms with Crippen molar-refractivity contribution in [3.63, 3.8) is 0 Å². The predicted octanol–water partition coefficient (Wildman–Crippen LogP) is 6.59. The molecule has 0 radical (unpaired) electrons. The standard InChI is InChI=1S/C37H46Cl2N8O6/c1-6-20(4)28(43-36(51)52-19-22-12-10-9-11-13-22)31(48)45-37(15-14-27-25(18-37)24-16-23(38)17-26(39)30(24)41-27)33(49)42-29(21(5)7-2)32-46-47-35(53-32)44-34(50)40-8-3/h9-13,16-17,20-21,28-29,41H,6-8,14-15,18-19H2,1-5H3,(H,42,49)(H,43,51)(H,45,48)(H2,40,44,47,50)/t20-,21-,28?,29?,37+/m0/s1. The third-order valence-electron chi connectivity index (χ3n) is 9.84. The molecule has 1 aliphatic carbocycles. The third-order valence-corrected chi connectivity index (χ3v) is 10.4. The third kappa shape index (κ3) is 9.22. The first-order valence-electron chi connectivity index (χ1n) is 17.8. The van der Waals surface area contributed by atoms with Gasteiger partial charge in [-0.15, -0.1) is 5.10 Å². The van der Waals surface area contributed by atoms with E-state index in [1.807, 2.05) is 58.0 Å². The number of anilines is 1. The van der Waals surface area contributed by atoms with Crippen LogP contribution < -0.4 is 26.6 Å². The van der Waals surface area contributed by atoms with E-state index in [9.17, 15) is 19.2 Å². The number of hydrogen-bond acceptors (Lipinski definition) is 8. The Morgan fingerprint density at radius 2 is 1.74 bits per heavy atom.